The summed E-state index contributed by atoms with van der Waals surface area (Å²) in [5.74, 6) is 0. The summed E-state index contributed by atoms with van der Waals surface area (Å²) in [5.41, 5.74) is 0. The van der Waals surface area contributed by atoms with Crippen molar-refractivity contribution >= 4 is 27.3 Å². The van der Waals surface area contributed by atoms with E-state index in [2.05, 4.69) is 0 Å². The summed E-state index contributed by atoms with van der Waals surface area (Å²) in [6, 6.07) is 0. The lowest BCUT2D eigenvalue weighted by Gasteiger charge is -2.12. The molecule has 0 radical (unpaired) electrons. The van der Waals surface area contributed by atoms with Crippen molar-refractivity contribution in [3.8, 4) is 0 Å². The van der Waals surface area contributed by atoms with Gasteiger partial charge < -0.3 is 18.9 Å². The summed E-state index contributed by atoms with van der Waals surface area (Å²) >= 11 is 1.66. The maximum absolute atomic E-state index is 11.8. The molecule has 0 aromatic rings. The van der Waals surface area contributed by atoms with Crippen LogP contribution in [0.3, 0.4) is 0 Å². The molecule has 0 aliphatic heterocycles. The first-order valence-corrected chi connectivity index (χ1v) is 10.2. The smallest absolute Gasteiger partial charge is 0.382 e. The minimum Gasteiger partial charge on any atom is -0.382 e. The Kier molecular flexibility index (Phi) is 14.2. The van der Waals surface area contributed by atoms with Crippen LogP contribution in [0.15, 0.2) is 0 Å². The Morgan fingerprint density at radius 1 is 0.737 bits per heavy atom. The lowest BCUT2D eigenvalue weighted by atomic mass is 10.7. The van der Waals surface area contributed by atoms with Gasteiger partial charge in [-0.15, -0.1) is 0 Å². The highest BCUT2D eigenvalue weighted by Crippen LogP contribution is 2.56. The molecule has 0 aromatic carbocycles. The van der Waals surface area contributed by atoms with Crippen molar-refractivity contribution in [3.05, 3.63) is 0 Å². The van der Waals surface area contributed by atoms with Gasteiger partial charge in [0.05, 0.1) is 74.9 Å². The molecule has 19 heavy (non-hydrogen) atoms. The van der Waals surface area contributed by atoms with E-state index in [-0.39, 0.29) is 13.2 Å². The molecule has 0 heterocycles. The molecule has 0 atom stereocenters. The van der Waals surface area contributed by atoms with E-state index in [1.807, 2.05) is 0 Å². The number of ether oxygens (including phenoxy) is 4. The van der Waals surface area contributed by atoms with Crippen LogP contribution >= 0.6 is 27.3 Å². The molecular weight excluding hydrogens is 390 g/mol. The van der Waals surface area contributed by atoms with Crippen molar-refractivity contribution in [1.29, 1.82) is 0 Å². The van der Waals surface area contributed by atoms with E-state index in [0.29, 0.717) is 39.6 Å². The van der Waals surface area contributed by atoms with Crippen LogP contribution in [0.25, 0.3) is 0 Å². The summed E-state index contributed by atoms with van der Waals surface area (Å²) in [7, 11) is 3.20. The van der Waals surface area contributed by atoms with Crippen LogP contribution in [-0.2, 0) is 32.6 Å². The number of rotatable bonds is 14. The average Bonchev–Trinajstić information content (AvgIpc) is 2.38. The monoisotopic (exact) mass is 412 g/mol. The molecule has 0 spiro atoms. The highest BCUT2D eigenvalue weighted by Gasteiger charge is 2.19. The van der Waals surface area contributed by atoms with Crippen molar-refractivity contribution in [1.82, 2.24) is 0 Å². The second kappa shape index (κ2) is 13.7. The van der Waals surface area contributed by atoms with Crippen LogP contribution in [0.1, 0.15) is 0 Å². The molecule has 9 heteroatoms. The van der Waals surface area contributed by atoms with Crippen LogP contribution in [0.2, 0.25) is 0 Å². The molecule has 0 fully saturated rings. The largest absolute Gasteiger partial charge is 0.389 e. The highest BCUT2D eigenvalue weighted by molar-refractivity contribution is 14.2. The van der Waals surface area contributed by atoms with Crippen LogP contribution in [0, 0.1) is 0 Å². The van der Waals surface area contributed by atoms with Gasteiger partial charge in [-0.05, 0) is 0 Å². The van der Waals surface area contributed by atoms with Crippen molar-refractivity contribution in [2.24, 2.45) is 0 Å². The Balaban J connectivity index is 3.39. The molecule has 0 amide bonds. The molecule has 0 aromatic heterocycles. The standard InChI is InChI=1S/C10H22IO7P/c1-13-3-5-15-7-9-17-19(11,12)18-10-8-16-6-4-14-2/h3-10H2,1-2H3. The molecule has 0 aliphatic rings. The third-order valence-electron chi connectivity index (χ3n) is 1.81. The first-order valence-electron chi connectivity index (χ1n) is 5.84. The first-order chi connectivity index (χ1) is 9.12. The second-order valence-corrected chi connectivity index (χ2v) is 8.23. The van der Waals surface area contributed by atoms with Crippen molar-refractivity contribution in [2.75, 3.05) is 67.1 Å². The van der Waals surface area contributed by atoms with Gasteiger partial charge in [-0.1, -0.05) is 0 Å². The molecule has 0 saturated heterocycles. The minimum absolute atomic E-state index is 0.217. The van der Waals surface area contributed by atoms with Gasteiger partial charge in [0.15, 0.2) is 0 Å². The normalized spacial score (nSPS) is 11.9. The number of hydrogen-bond acceptors (Lipinski definition) is 7. The molecule has 116 valence electrons. The Labute approximate surface area is 127 Å². The van der Waals surface area contributed by atoms with Crippen molar-refractivity contribution in [3.63, 3.8) is 0 Å². The first kappa shape index (κ1) is 19.7. The lowest BCUT2D eigenvalue weighted by Crippen LogP contribution is -2.09. The summed E-state index contributed by atoms with van der Waals surface area (Å²) in [4.78, 5) is 0. The molecule has 0 unspecified atom stereocenters. The van der Waals surface area contributed by atoms with Crippen LogP contribution in [0.4, 0.5) is 0 Å². The molecule has 0 N–H and O–H groups in total. The molecule has 0 rings (SSSR count). The van der Waals surface area contributed by atoms with Crippen LogP contribution < -0.4 is 0 Å². The van der Waals surface area contributed by atoms with Gasteiger partial charge in [-0.3, -0.25) is 9.05 Å². The highest BCUT2D eigenvalue weighted by atomic mass is 127. The quantitative estimate of drug-likeness (QED) is 0.245. The summed E-state index contributed by atoms with van der Waals surface area (Å²) in [6.45, 7) is 3.16. The minimum atomic E-state index is -3.06. The predicted molar refractivity (Wildman–Crippen MR) is 78.9 cm³/mol. The fourth-order valence-corrected chi connectivity index (χ4v) is 2.78. The number of methoxy groups -OCH3 is 2. The Hall–Kier alpha value is 0.720. The fraction of sp³-hybridized carbons (Fsp3) is 1.00. The van der Waals surface area contributed by atoms with E-state index < -0.39 is 5.24 Å². The third-order valence-corrected chi connectivity index (χ3v) is 4.46. The zero-order valence-corrected chi connectivity index (χ0v) is 14.4. The summed E-state index contributed by atoms with van der Waals surface area (Å²) < 4.78 is 42.0. The topological polar surface area (TPSA) is 72.5 Å². The Morgan fingerprint density at radius 2 is 1.11 bits per heavy atom. The van der Waals surface area contributed by atoms with Crippen molar-refractivity contribution < 1.29 is 32.6 Å². The molecular formula is C10H22IO7P. The molecule has 0 bridgehead atoms. The SMILES string of the molecule is COCCOCCOP(=O)(I)OCCOCCOC. The van der Waals surface area contributed by atoms with Gasteiger partial charge in [-0.2, -0.15) is 0 Å². The van der Waals surface area contributed by atoms with Gasteiger partial charge >= 0.3 is 5.24 Å². The Bertz CT molecular complexity index is 222. The van der Waals surface area contributed by atoms with Crippen LogP contribution in [0.5, 0.6) is 0 Å². The van der Waals surface area contributed by atoms with E-state index in [4.69, 9.17) is 28.0 Å². The number of hydrogen-bond donors (Lipinski definition) is 0. The summed E-state index contributed by atoms with van der Waals surface area (Å²) in [6.07, 6.45) is 0. The van der Waals surface area contributed by atoms with E-state index >= 15 is 0 Å². The van der Waals surface area contributed by atoms with Gasteiger partial charge in [0.2, 0.25) is 0 Å². The van der Waals surface area contributed by atoms with E-state index in [1.165, 1.54) is 0 Å². The lowest BCUT2D eigenvalue weighted by molar-refractivity contribution is 0.0433. The van der Waals surface area contributed by atoms with Crippen LogP contribution in [-0.4, -0.2) is 67.1 Å². The maximum Gasteiger partial charge on any atom is 0.389 e. The van der Waals surface area contributed by atoms with Gasteiger partial charge in [0.25, 0.3) is 0 Å². The van der Waals surface area contributed by atoms with Gasteiger partial charge in [0.1, 0.15) is 0 Å². The molecule has 0 aliphatic carbocycles. The van der Waals surface area contributed by atoms with E-state index in [0.717, 1.165) is 0 Å². The maximum atomic E-state index is 11.8. The predicted octanol–water partition coefficient (Wildman–Crippen LogP) is 1.89. The zero-order chi connectivity index (χ0) is 14.4. The Morgan fingerprint density at radius 3 is 1.47 bits per heavy atom. The van der Waals surface area contributed by atoms with E-state index in [9.17, 15) is 4.57 Å². The average molecular weight is 412 g/mol. The third kappa shape index (κ3) is 14.9. The zero-order valence-electron chi connectivity index (χ0n) is 11.3. The summed E-state index contributed by atoms with van der Waals surface area (Å²) in [5, 5.41) is -3.06. The van der Waals surface area contributed by atoms with E-state index in [1.54, 1.807) is 36.3 Å². The van der Waals surface area contributed by atoms with Gasteiger partial charge in [-0.25, -0.2) is 4.57 Å². The molecule has 7 nitrogen and oxygen atoms in total. The molecule has 0 saturated carbocycles. The fourth-order valence-electron chi connectivity index (χ4n) is 0.936. The van der Waals surface area contributed by atoms with Crippen molar-refractivity contribution in [2.45, 2.75) is 0 Å². The second-order valence-electron chi connectivity index (χ2n) is 3.31. The number of halogens is 1. The van der Waals surface area contributed by atoms with Gasteiger partial charge in [0, 0.05) is 14.2 Å².